The lowest BCUT2D eigenvalue weighted by Gasteiger charge is -2.40. The summed E-state index contributed by atoms with van der Waals surface area (Å²) in [7, 11) is 0. The second-order valence-electron chi connectivity index (χ2n) is 8.79. The summed E-state index contributed by atoms with van der Waals surface area (Å²) in [5.74, 6) is 0. The highest BCUT2D eigenvalue weighted by atomic mass is 79.9. The Morgan fingerprint density at radius 1 is 0.800 bits per heavy atom. The van der Waals surface area contributed by atoms with Gasteiger partial charge in [0.2, 0.25) is 0 Å². The fourth-order valence-electron chi connectivity index (χ4n) is 4.95. The first-order chi connectivity index (χ1) is 17.1. The van der Waals surface area contributed by atoms with Crippen LogP contribution in [0.25, 0.3) is 11.8 Å². The van der Waals surface area contributed by atoms with E-state index in [1.165, 1.54) is 39.2 Å². The second-order valence-corrected chi connectivity index (χ2v) is 12.4. The van der Waals surface area contributed by atoms with Gasteiger partial charge in [-0.1, -0.05) is 95.9 Å². The van der Waals surface area contributed by atoms with E-state index >= 15 is 0 Å². The molecule has 0 N–H and O–H groups in total. The van der Waals surface area contributed by atoms with Crippen molar-refractivity contribution in [3.05, 3.63) is 125 Å². The monoisotopic (exact) mass is 666 g/mol. The standard InChI is InChI=1S/C29H21Br3N2S/c30-22-10-4-18(5-11-22)16-21-2-1-3-25-27(21)33-29-34(28(25)20-8-14-24(32)15-9-20)26(17-35-29)19-6-12-23(31)13-7-19/h4-17,28H,1-3H2/b21-16+/t28-/m0/s1. The number of thioether (sulfide) groups is 1. The van der Waals surface area contributed by atoms with E-state index < -0.39 is 0 Å². The fraction of sp³-hybridized carbons (Fsp3) is 0.138. The van der Waals surface area contributed by atoms with Crippen molar-refractivity contribution in [3.63, 3.8) is 0 Å². The topological polar surface area (TPSA) is 15.6 Å². The fourth-order valence-corrected chi connectivity index (χ4v) is 6.67. The highest BCUT2D eigenvalue weighted by Crippen LogP contribution is 2.51. The van der Waals surface area contributed by atoms with Crippen molar-refractivity contribution < 1.29 is 0 Å². The van der Waals surface area contributed by atoms with Gasteiger partial charge in [-0.05, 0) is 89.6 Å². The molecule has 0 bridgehead atoms. The Hall–Kier alpha value is -1.86. The van der Waals surface area contributed by atoms with Gasteiger partial charge in [0.1, 0.15) is 0 Å². The van der Waals surface area contributed by atoms with E-state index in [9.17, 15) is 0 Å². The van der Waals surface area contributed by atoms with E-state index in [4.69, 9.17) is 4.99 Å². The zero-order valence-electron chi connectivity index (χ0n) is 18.7. The van der Waals surface area contributed by atoms with Crippen LogP contribution in [-0.4, -0.2) is 10.1 Å². The van der Waals surface area contributed by atoms with Gasteiger partial charge in [0.25, 0.3) is 0 Å². The summed E-state index contributed by atoms with van der Waals surface area (Å²) in [6, 6.07) is 26.0. The van der Waals surface area contributed by atoms with Crippen molar-refractivity contribution in [1.29, 1.82) is 0 Å². The Kier molecular flexibility index (Phi) is 6.65. The van der Waals surface area contributed by atoms with Crippen molar-refractivity contribution in [2.75, 3.05) is 0 Å². The SMILES string of the molecule is Brc1ccc(/C=C2\CCCC3=C2N=C2SC=C(c4ccc(Br)cc4)N2[C@H]3c2ccc(Br)cc2)cc1. The molecule has 0 saturated heterocycles. The maximum Gasteiger partial charge on any atom is 0.174 e. The number of aliphatic imine (C=N–C) groups is 1. The summed E-state index contributed by atoms with van der Waals surface area (Å²) < 4.78 is 3.28. The molecule has 6 rings (SSSR count). The van der Waals surface area contributed by atoms with Crippen LogP contribution in [0.5, 0.6) is 0 Å². The molecule has 3 aromatic rings. The van der Waals surface area contributed by atoms with Gasteiger partial charge in [-0.15, -0.1) is 0 Å². The summed E-state index contributed by atoms with van der Waals surface area (Å²) in [5, 5.41) is 3.31. The molecular weight excluding hydrogens is 648 g/mol. The Morgan fingerprint density at radius 3 is 2.11 bits per heavy atom. The van der Waals surface area contributed by atoms with Crippen LogP contribution < -0.4 is 0 Å². The molecule has 2 heterocycles. The van der Waals surface area contributed by atoms with Crippen molar-refractivity contribution in [3.8, 4) is 0 Å². The molecular formula is C29H21Br3N2S. The van der Waals surface area contributed by atoms with Crippen molar-refractivity contribution in [1.82, 2.24) is 4.90 Å². The number of fused-ring (bicyclic) bond motifs is 1. The Labute approximate surface area is 235 Å². The van der Waals surface area contributed by atoms with Crippen LogP contribution in [0.2, 0.25) is 0 Å². The first kappa shape index (κ1) is 23.5. The van der Waals surface area contributed by atoms with E-state index in [0.29, 0.717) is 0 Å². The molecule has 0 aromatic heterocycles. The lowest BCUT2D eigenvalue weighted by Crippen LogP contribution is -2.34. The molecule has 2 nitrogen and oxygen atoms in total. The minimum atomic E-state index is 0.129. The average Bonchev–Trinajstić information content (AvgIpc) is 3.29. The van der Waals surface area contributed by atoms with Crippen molar-refractivity contribution in [2.24, 2.45) is 4.99 Å². The third-order valence-electron chi connectivity index (χ3n) is 6.57. The van der Waals surface area contributed by atoms with E-state index in [-0.39, 0.29) is 6.04 Å². The highest BCUT2D eigenvalue weighted by molar-refractivity contribution is 9.11. The highest BCUT2D eigenvalue weighted by Gasteiger charge is 2.40. The molecule has 174 valence electrons. The van der Waals surface area contributed by atoms with Gasteiger partial charge in [0.15, 0.2) is 5.17 Å². The van der Waals surface area contributed by atoms with E-state index in [1.54, 1.807) is 11.8 Å². The lowest BCUT2D eigenvalue weighted by atomic mass is 9.83. The minimum absolute atomic E-state index is 0.129. The van der Waals surface area contributed by atoms with Crippen molar-refractivity contribution in [2.45, 2.75) is 25.3 Å². The van der Waals surface area contributed by atoms with Gasteiger partial charge in [0.05, 0.1) is 17.4 Å². The Balaban J connectivity index is 1.48. The number of nitrogens with zero attached hydrogens (tertiary/aromatic N) is 2. The molecule has 1 atom stereocenters. The van der Waals surface area contributed by atoms with E-state index in [0.717, 1.165) is 37.8 Å². The smallest absolute Gasteiger partial charge is 0.174 e. The van der Waals surface area contributed by atoms with Crippen molar-refractivity contribution >= 4 is 76.5 Å². The predicted molar refractivity (Wildman–Crippen MR) is 159 cm³/mol. The van der Waals surface area contributed by atoms with Gasteiger partial charge in [-0.25, -0.2) is 4.99 Å². The number of amidine groups is 1. The van der Waals surface area contributed by atoms with Crippen LogP contribution in [0.3, 0.4) is 0 Å². The molecule has 2 aliphatic heterocycles. The molecule has 35 heavy (non-hydrogen) atoms. The number of benzene rings is 3. The predicted octanol–water partition coefficient (Wildman–Crippen LogP) is 9.95. The maximum atomic E-state index is 5.28. The van der Waals surface area contributed by atoms with Crippen LogP contribution >= 0.6 is 59.6 Å². The normalized spacial score (nSPS) is 20.5. The molecule has 0 amide bonds. The Bertz CT molecular complexity index is 1400. The molecule has 0 fully saturated rings. The third kappa shape index (κ3) is 4.66. The lowest BCUT2D eigenvalue weighted by molar-refractivity contribution is 0.458. The molecule has 1 aliphatic carbocycles. The zero-order valence-corrected chi connectivity index (χ0v) is 24.3. The number of allylic oxidation sites excluding steroid dienone is 1. The number of hydrogen-bond donors (Lipinski definition) is 0. The van der Waals surface area contributed by atoms with Gasteiger partial charge in [0, 0.05) is 18.8 Å². The average molecular weight is 669 g/mol. The molecule has 0 unspecified atom stereocenters. The molecule has 0 saturated carbocycles. The van der Waals surface area contributed by atoms with Gasteiger partial charge in [-0.3, -0.25) is 0 Å². The molecule has 0 radical (unpaired) electrons. The number of hydrogen-bond acceptors (Lipinski definition) is 3. The third-order valence-corrected chi connectivity index (χ3v) is 9.00. The maximum absolute atomic E-state index is 5.28. The summed E-state index contributed by atoms with van der Waals surface area (Å²) in [6.07, 6.45) is 5.56. The summed E-state index contributed by atoms with van der Waals surface area (Å²) in [4.78, 5) is 7.73. The van der Waals surface area contributed by atoms with E-state index in [1.807, 2.05) is 0 Å². The number of halogens is 3. The summed E-state index contributed by atoms with van der Waals surface area (Å²) in [6.45, 7) is 0. The first-order valence-electron chi connectivity index (χ1n) is 11.5. The minimum Gasteiger partial charge on any atom is -0.308 e. The van der Waals surface area contributed by atoms with Crippen LogP contribution in [-0.2, 0) is 0 Å². The molecule has 6 heteroatoms. The zero-order chi connectivity index (χ0) is 23.9. The quantitative estimate of drug-likeness (QED) is 0.276. The van der Waals surface area contributed by atoms with E-state index in [2.05, 4.69) is 137 Å². The Morgan fingerprint density at radius 2 is 1.43 bits per heavy atom. The first-order valence-corrected chi connectivity index (χ1v) is 14.8. The largest absolute Gasteiger partial charge is 0.308 e. The molecule has 3 aromatic carbocycles. The summed E-state index contributed by atoms with van der Waals surface area (Å²) in [5.41, 5.74) is 8.85. The van der Waals surface area contributed by atoms with Crippen LogP contribution in [0.15, 0.2) is 113 Å². The number of rotatable bonds is 3. The van der Waals surface area contributed by atoms with Crippen LogP contribution in [0.1, 0.15) is 42.0 Å². The van der Waals surface area contributed by atoms with Crippen LogP contribution in [0.4, 0.5) is 0 Å². The molecule has 3 aliphatic rings. The van der Waals surface area contributed by atoms with Gasteiger partial charge >= 0.3 is 0 Å². The van der Waals surface area contributed by atoms with Crippen LogP contribution in [0, 0.1) is 0 Å². The van der Waals surface area contributed by atoms with Gasteiger partial charge < -0.3 is 4.90 Å². The van der Waals surface area contributed by atoms with Gasteiger partial charge in [-0.2, -0.15) is 0 Å². The summed E-state index contributed by atoms with van der Waals surface area (Å²) >= 11 is 12.5. The molecule has 0 spiro atoms. The second kappa shape index (κ2) is 9.89.